The van der Waals surface area contributed by atoms with Gasteiger partial charge in [0.2, 0.25) is 0 Å². The summed E-state index contributed by atoms with van der Waals surface area (Å²) < 4.78 is 11.6. The van der Waals surface area contributed by atoms with Gasteiger partial charge >= 0.3 is 0 Å². The van der Waals surface area contributed by atoms with E-state index < -0.39 is 0 Å². The first-order valence-corrected chi connectivity index (χ1v) is 9.44. The lowest BCUT2D eigenvalue weighted by molar-refractivity contribution is 0.0676. The van der Waals surface area contributed by atoms with Gasteiger partial charge in [-0.2, -0.15) is 0 Å². The molecule has 2 heterocycles. The fraction of sp³-hybridized carbons (Fsp3) is 0.455. The molecule has 2 unspecified atom stereocenters. The molecule has 0 saturated carbocycles. The van der Waals surface area contributed by atoms with Crippen molar-refractivity contribution in [3.05, 3.63) is 71.0 Å². The van der Waals surface area contributed by atoms with E-state index in [0.29, 0.717) is 42.1 Å². The van der Waals surface area contributed by atoms with Crippen LogP contribution in [0, 0.1) is 5.92 Å². The van der Waals surface area contributed by atoms with Gasteiger partial charge in [-0.25, -0.2) is 0 Å². The summed E-state index contributed by atoms with van der Waals surface area (Å²) >= 11 is 0. The van der Waals surface area contributed by atoms with E-state index in [9.17, 15) is 20.4 Å². The molecule has 6 heteroatoms. The molecule has 1 fully saturated rings. The van der Waals surface area contributed by atoms with E-state index in [0.717, 1.165) is 19.3 Å². The lowest BCUT2D eigenvalue weighted by atomic mass is 9.89. The summed E-state index contributed by atoms with van der Waals surface area (Å²) in [6.45, 7) is 11.0. The standard InChI is InChI=1S/C22H30O6/c1-13(23)9-21(25)19-8-7-18(28-16(19)4)6-5-17-11-20(15(3)27-12-17)22(26)10-14(2)24/h9-10,17-18,23-26H,1,3,5-8,11-12H2,2,4H3/b14-10+,21-9+,22-20+. The monoisotopic (exact) mass is 390 g/mol. The predicted octanol–water partition coefficient (Wildman–Crippen LogP) is 5.56. The Labute approximate surface area is 166 Å². The molecule has 154 valence electrons. The molecule has 2 aliphatic rings. The molecule has 1 saturated heterocycles. The number of rotatable bonds is 6. The highest BCUT2D eigenvalue weighted by atomic mass is 16.5. The summed E-state index contributed by atoms with van der Waals surface area (Å²) in [5.41, 5.74) is 1.30. The van der Waals surface area contributed by atoms with Gasteiger partial charge in [0.25, 0.3) is 0 Å². The third-order valence-electron chi connectivity index (χ3n) is 4.97. The quantitative estimate of drug-likeness (QED) is 0.350. The molecule has 4 N–H and O–H groups in total. The summed E-state index contributed by atoms with van der Waals surface area (Å²) in [5, 5.41) is 38.7. The van der Waals surface area contributed by atoms with Crippen molar-refractivity contribution in [2.24, 2.45) is 5.92 Å². The van der Waals surface area contributed by atoms with E-state index in [1.807, 2.05) is 6.92 Å². The van der Waals surface area contributed by atoms with Crippen LogP contribution in [0.25, 0.3) is 0 Å². The zero-order valence-corrected chi connectivity index (χ0v) is 16.6. The molecule has 28 heavy (non-hydrogen) atoms. The molecule has 2 aliphatic heterocycles. The Balaban J connectivity index is 1.95. The maximum atomic E-state index is 10.1. The van der Waals surface area contributed by atoms with Crippen molar-refractivity contribution in [1.29, 1.82) is 0 Å². The van der Waals surface area contributed by atoms with Gasteiger partial charge < -0.3 is 29.9 Å². The highest BCUT2D eigenvalue weighted by molar-refractivity contribution is 5.34. The van der Waals surface area contributed by atoms with Gasteiger partial charge in [0, 0.05) is 23.3 Å². The molecule has 0 radical (unpaired) electrons. The predicted molar refractivity (Wildman–Crippen MR) is 108 cm³/mol. The molecular formula is C22H30O6. The summed E-state index contributed by atoms with van der Waals surface area (Å²) in [5.74, 6) is 1.11. The minimum absolute atomic E-state index is 0.0138. The van der Waals surface area contributed by atoms with Crippen molar-refractivity contribution in [1.82, 2.24) is 0 Å². The van der Waals surface area contributed by atoms with Crippen molar-refractivity contribution >= 4 is 0 Å². The minimum atomic E-state index is -0.197. The average molecular weight is 390 g/mol. The largest absolute Gasteiger partial charge is 0.512 e. The number of ether oxygens (including phenoxy) is 2. The molecule has 2 rings (SSSR count). The number of hydrogen-bond donors (Lipinski definition) is 4. The maximum Gasteiger partial charge on any atom is 0.125 e. The summed E-state index contributed by atoms with van der Waals surface area (Å²) in [6, 6.07) is 0. The molecule has 0 spiro atoms. The van der Waals surface area contributed by atoms with E-state index in [1.165, 1.54) is 19.1 Å². The zero-order chi connectivity index (χ0) is 20.8. The fourth-order valence-corrected chi connectivity index (χ4v) is 3.52. The number of aliphatic hydroxyl groups is 4. The van der Waals surface area contributed by atoms with Crippen LogP contribution in [0.3, 0.4) is 0 Å². The number of aliphatic hydroxyl groups excluding tert-OH is 4. The van der Waals surface area contributed by atoms with Crippen LogP contribution in [-0.4, -0.2) is 33.1 Å². The number of hydrogen-bond acceptors (Lipinski definition) is 6. The first-order chi connectivity index (χ1) is 13.2. The Morgan fingerprint density at radius 2 is 1.89 bits per heavy atom. The van der Waals surface area contributed by atoms with Crippen LogP contribution in [0.5, 0.6) is 0 Å². The summed E-state index contributed by atoms with van der Waals surface area (Å²) in [7, 11) is 0. The summed E-state index contributed by atoms with van der Waals surface area (Å²) in [6.07, 6.45) is 6.30. The van der Waals surface area contributed by atoms with E-state index in [4.69, 9.17) is 9.47 Å². The molecule has 0 aromatic rings. The Kier molecular flexibility index (Phi) is 7.26. The van der Waals surface area contributed by atoms with Crippen LogP contribution in [0.2, 0.25) is 0 Å². The Morgan fingerprint density at radius 3 is 2.50 bits per heavy atom. The lowest BCUT2D eigenvalue weighted by Crippen LogP contribution is -2.23. The second kappa shape index (κ2) is 9.44. The van der Waals surface area contributed by atoms with Gasteiger partial charge in [-0.15, -0.1) is 0 Å². The molecule has 0 aromatic heterocycles. The fourth-order valence-electron chi connectivity index (χ4n) is 3.52. The van der Waals surface area contributed by atoms with E-state index in [1.54, 1.807) is 0 Å². The van der Waals surface area contributed by atoms with Gasteiger partial charge in [-0.1, -0.05) is 13.2 Å². The topological polar surface area (TPSA) is 99.4 Å². The molecule has 2 atom stereocenters. The molecule has 6 nitrogen and oxygen atoms in total. The normalized spacial score (nSPS) is 25.9. The smallest absolute Gasteiger partial charge is 0.125 e. The molecular weight excluding hydrogens is 360 g/mol. The summed E-state index contributed by atoms with van der Waals surface area (Å²) in [4.78, 5) is 0. The Bertz CT molecular complexity index is 749. The second-order valence-corrected chi connectivity index (χ2v) is 7.37. The van der Waals surface area contributed by atoms with Crippen LogP contribution in [0.1, 0.15) is 46.0 Å². The van der Waals surface area contributed by atoms with Crippen LogP contribution in [-0.2, 0) is 9.47 Å². The van der Waals surface area contributed by atoms with Gasteiger partial charge in [0.1, 0.15) is 28.8 Å². The third-order valence-corrected chi connectivity index (χ3v) is 4.97. The van der Waals surface area contributed by atoms with E-state index in [2.05, 4.69) is 13.2 Å². The Morgan fingerprint density at radius 1 is 1.18 bits per heavy atom. The van der Waals surface area contributed by atoms with Gasteiger partial charge in [0.15, 0.2) is 0 Å². The first-order valence-electron chi connectivity index (χ1n) is 9.44. The van der Waals surface area contributed by atoms with Crippen molar-refractivity contribution < 1.29 is 29.9 Å². The molecule has 0 aromatic carbocycles. The molecule has 0 bridgehead atoms. The molecule has 0 amide bonds. The van der Waals surface area contributed by atoms with Gasteiger partial charge in [0.05, 0.1) is 18.5 Å². The van der Waals surface area contributed by atoms with Crippen LogP contribution < -0.4 is 0 Å². The van der Waals surface area contributed by atoms with Crippen molar-refractivity contribution in [3.8, 4) is 0 Å². The maximum absolute atomic E-state index is 10.1. The van der Waals surface area contributed by atoms with Crippen molar-refractivity contribution in [2.75, 3.05) is 6.61 Å². The SMILES string of the molecule is C=C(O)/C=C(/O)C1=C(C)OC(CCC2COC(=C)/C(=C(O)\C=C(/C)O)C2)CC1. The van der Waals surface area contributed by atoms with E-state index in [-0.39, 0.29) is 35.1 Å². The lowest BCUT2D eigenvalue weighted by Gasteiger charge is -2.30. The van der Waals surface area contributed by atoms with Crippen LogP contribution >= 0.6 is 0 Å². The third kappa shape index (κ3) is 5.87. The molecule has 0 aliphatic carbocycles. The number of allylic oxidation sites excluding steroid dienone is 6. The Hall–Kier alpha value is -2.76. The first kappa shape index (κ1) is 21.5. The second-order valence-electron chi connectivity index (χ2n) is 7.37. The zero-order valence-electron chi connectivity index (χ0n) is 16.6. The minimum Gasteiger partial charge on any atom is -0.512 e. The van der Waals surface area contributed by atoms with Crippen LogP contribution in [0.15, 0.2) is 71.0 Å². The van der Waals surface area contributed by atoms with Crippen molar-refractivity contribution in [3.63, 3.8) is 0 Å². The van der Waals surface area contributed by atoms with Crippen LogP contribution in [0.4, 0.5) is 0 Å². The van der Waals surface area contributed by atoms with Gasteiger partial charge in [-0.3, -0.25) is 0 Å². The highest BCUT2D eigenvalue weighted by Crippen LogP contribution is 2.34. The van der Waals surface area contributed by atoms with Gasteiger partial charge in [-0.05, 0) is 51.9 Å². The highest BCUT2D eigenvalue weighted by Gasteiger charge is 2.27. The average Bonchev–Trinajstić information content (AvgIpc) is 2.59. The van der Waals surface area contributed by atoms with E-state index >= 15 is 0 Å². The van der Waals surface area contributed by atoms with Crippen molar-refractivity contribution in [2.45, 2.75) is 52.1 Å².